The number of aromatic nitrogens is 3. The predicted molar refractivity (Wildman–Crippen MR) is 118 cm³/mol. The number of anilines is 1. The van der Waals surface area contributed by atoms with Gasteiger partial charge in [-0.05, 0) is 58.7 Å². The Hall–Kier alpha value is -3.29. The van der Waals surface area contributed by atoms with Crippen LogP contribution in [-0.4, -0.2) is 39.4 Å². The molecule has 1 atom stereocenters. The van der Waals surface area contributed by atoms with E-state index in [1.165, 1.54) is 0 Å². The number of nitrogens with one attached hydrogen (secondary N) is 1. The number of hydrogen-bond acceptors (Lipinski definition) is 5. The first-order chi connectivity index (χ1) is 14.7. The molecule has 1 saturated carbocycles. The first-order valence-electron chi connectivity index (χ1n) is 10.4. The number of carbonyl (C=O) groups is 2. The lowest BCUT2D eigenvalue weighted by atomic mass is 10.1. The Bertz CT molecular complexity index is 1190. The van der Waals surface area contributed by atoms with Gasteiger partial charge in [0.2, 0.25) is 0 Å². The third-order valence-electron chi connectivity index (χ3n) is 5.98. The third-order valence-corrected chi connectivity index (χ3v) is 5.98. The van der Waals surface area contributed by atoms with Gasteiger partial charge in [-0.2, -0.15) is 5.10 Å². The van der Waals surface area contributed by atoms with Crippen molar-refractivity contribution in [3.05, 3.63) is 40.8 Å². The third kappa shape index (κ3) is 3.66. The van der Waals surface area contributed by atoms with Gasteiger partial charge in [0.25, 0.3) is 5.91 Å². The van der Waals surface area contributed by atoms with Gasteiger partial charge in [-0.1, -0.05) is 0 Å². The van der Waals surface area contributed by atoms with Crippen LogP contribution in [0.5, 0.6) is 5.75 Å². The molecule has 1 N–H and O–H groups in total. The van der Waals surface area contributed by atoms with Gasteiger partial charge in [0.1, 0.15) is 5.75 Å². The number of amides is 1. The van der Waals surface area contributed by atoms with Crippen LogP contribution in [0.15, 0.2) is 18.2 Å². The van der Waals surface area contributed by atoms with Gasteiger partial charge in [-0.15, -0.1) is 0 Å². The Balaban J connectivity index is 1.60. The summed E-state index contributed by atoms with van der Waals surface area (Å²) >= 11 is 0. The lowest BCUT2D eigenvalue weighted by Crippen LogP contribution is -2.30. The second-order valence-corrected chi connectivity index (χ2v) is 8.15. The van der Waals surface area contributed by atoms with Crippen molar-refractivity contribution in [2.75, 3.05) is 12.4 Å². The van der Waals surface area contributed by atoms with Crippen LogP contribution in [-0.2, 0) is 16.6 Å². The van der Waals surface area contributed by atoms with Crippen molar-refractivity contribution in [2.45, 2.75) is 52.7 Å². The van der Waals surface area contributed by atoms with Crippen LogP contribution < -0.4 is 10.1 Å². The van der Waals surface area contributed by atoms with Crippen LogP contribution in [0.2, 0.25) is 0 Å². The lowest BCUT2D eigenvalue weighted by molar-refractivity contribution is -0.123. The van der Waals surface area contributed by atoms with Gasteiger partial charge >= 0.3 is 5.97 Å². The SMILES string of the molecule is COc1ccc2c(c1)c(C(=O)OC(C)C(=O)Nc1c(C)nn(C)c1C)c(C)n2C1CC1. The van der Waals surface area contributed by atoms with E-state index in [0.717, 1.165) is 35.1 Å². The largest absolute Gasteiger partial charge is 0.497 e. The molecule has 0 bridgehead atoms. The monoisotopic (exact) mass is 424 g/mol. The fraction of sp³-hybridized carbons (Fsp3) is 0.435. The highest BCUT2D eigenvalue weighted by atomic mass is 16.5. The highest BCUT2D eigenvalue weighted by Crippen LogP contribution is 2.42. The molecule has 8 nitrogen and oxygen atoms in total. The maximum atomic E-state index is 13.2. The highest BCUT2D eigenvalue weighted by molar-refractivity contribution is 6.07. The van der Waals surface area contributed by atoms with Gasteiger partial charge < -0.3 is 19.4 Å². The average molecular weight is 425 g/mol. The number of hydrogen-bond donors (Lipinski definition) is 1. The van der Waals surface area contributed by atoms with Crippen LogP contribution >= 0.6 is 0 Å². The Labute approximate surface area is 181 Å². The highest BCUT2D eigenvalue weighted by Gasteiger charge is 2.32. The molecule has 1 aliphatic rings. The Morgan fingerprint density at radius 1 is 1.19 bits per heavy atom. The minimum atomic E-state index is -0.962. The van der Waals surface area contributed by atoms with E-state index in [2.05, 4.69) is 15.0 Å². The molecular formula is C23H28N4O4. The Morgan fingerprint density at radius 3 is 2.48 bits per heavy atom. The van der Waals surface area contributed by atoms with Crippen LogP contribution in [0.4, 0.5) is 5.69 Å². The Morgan fingerprint density at radius 2 is 1.90 bits per heavy atom. The molecule has 1 aromatic carbocycles. The van der Waals surface area contributed by atoms with E-state index in [1.807, 2.05) is 46.0 Å². The van der Waals surface area contributed by atoms with Crippen molar-refractivity contribution in [2.24, 2.45) is 7.05 Å². The predicted octanol–water partition coefficient (Wildman–Crippen LogP) is 3.83. The molecule has 2 aromatic heterocycles. The minimum Gasteiger partial charge on any atom is -0.497 e. The molecule has 3 aromatic rings. The van der Waals surface area contributed by atoms with E-state index >= 15 is 0 Å². The molecule has 1 aliphatic carbocycles. The summed E-state index contributed by atoms with van der Waals surface area (Å²) in [7, 11) is 3.41. The van der Waals surface area contributed by atoms with E-state index in [-0.39, 0.29) is 0 Å². The molecule has 1 amide bonds. The van der Waals surface area contributed by atoms with Gasteiger partial charge in [0.15, 0.2) is 6.10 Å². The number of aryl methyl sites for hydroxylation is 2. The fourth-order valence-corrected chi connectivity index (χ4v) is 4.06. The van der Waals surface area contributed by atoms with Gasteiger partial charge in [-0.3, -0.25) is 9.48 Å². The first kappa shape index (κ1) is 21.0. The zero-order chi connectivity index (χ0) is 22.4. The van der Waals surface area contributed by atoms with Crippen molar-refractivity contribution in [3.63, 3.8) is 0 Å². The maximum absolute atomic E-state index is 13.2. The van der Waals surface area contributed by atoms with Crippen molar-refractivity contribution >= 4 is 28.5 Å². The number of methoxy groups -OCH3 is 1. The Kier molecular flexibility index (Phi) is 5.24. The molecule has 1 unspecified atom stereocenters. The van der Waals surface area contributed by atoms with Crippen LogP contribution in [0.25, 0.3) is 10.9 Å². The standard InChI is InChI=1S/C23H28N4O4/c1-12-21(14(3)26(5)25-12)24-22(28)15(4)31-23(29)20-13(2)27(16-7-8-16)19-10-9-17(30-6)11-18(19)20/h9-11,15-16H,7-8H2,1-6H3,(H,24,28). The van der Waals surface area contributed by atoms with Crippen LogP contribution in [0.3, 0.4) is 0 Å². The van der Waals surface area contributed by atoms with Crippen molar-refractivity contribution < 1.29 is 19.1 Å². The minimum absolute atomic E-state index is 0.395. The number of benzene rings is 1. The number of fused-ring (bicyclic) bond motifs is 1. The number of esters is 1. The smallest absolute Gasteiger partial charge is 0.341 e. The molecule has 4 rings (SSSR count). The fourth-order valence-electron chi connectivity index (χ4n) is 4.06. The molecule has 1 fully saturated rings. The molecule has 2 heterocycles. The van der Waals surface area contributed by atoms with E-state index in [1.54, 1.807) is 18.7 Å². The molecular weight excluding hydrogens is 396 g/mol. The molecule has 31 heavy (non-hydrogen) atoms. The molecule has 0 aliphatic heterocycles. The van der Waals surface area contributed by atoms with E-state index in [9.17, 15) is 9.59 Å². The van der Waals surface area contributed by atoms with E-state index in [4.69, 9.17) is 9.47 Å². The summed E-state index contributed by atoms with van der Waals surface area (Å²) in [5, 5.41) is 7.91. The van der Waals surface area contributed by atoms with Gasteiger partial charge in [0, 0.05) is 29.7 Å². The average Bonchev–Trinajstić information content (AvgIpc) is 3.48. The summed E-state index contributed by atoms with van der Waals surface area (Å²) in [6, 6.07) is 6.12. The summed E-state index contributed by atoms with van der Waals surface area (Å²) in [5.41, 5.74) is 4.49. The number of ether oxygens (including phenoxy) is 2. The van der Waals surface area contributed by atoms with Crippen LogP contribution in [0.1, 0.15) is 53.2 Å². The summed E-state index contributed by atoms with van der Waals surface area (Å²) in [6.45, 7) is 7.19. The summed E-state index contributed by atoms with van der Waals surface area (Å²) in [6.07, 6.45) is 1.22. The second-order valence-electron chi connectivity index (χ2n) is 8.15. The molecule has 8 heteroatoms. The van der Waals surface area contributed by atoms with Crippen molar-refractivity contribution in [1.82, 2.24) is 14.3 Å². The topological polar surface area (TPSA) is 87.4 Å². The quantitative estimate of drug-likeness (QED) is 0.608. The number of rotatable bonds is 6. The van der Waals surface area contributed by atoms with Crippen molar-refractivity contribution in [3.8, 4) is 5.75 Å². The van der Waals surface area contributed by atoms with Crippen LogP contribution in [0, 0.1) is 20.8 Å². The summed E-state index contributed by atoms with van der Waals surface area (Å²) < 4.78 is 14.9. The number of nitrogens with zero attached hydrogens (tertiary/aromatic N) is 3. The van der Waals surface area contributed by atoms with E-state index in [0.29, 0.717) is 28.7 Å². The van der Waals surface area contributed by atoms with Gasteiger partial charge in [0.05, 0.1) is 29.7 Å². The molecule has 0 spiro atoms. The normalized spacial score (nSPS) is 14.5. The maximum Gasteiger partial charge on any atom is 0.341 e. The molecule has 0 radical (unpaired) electrons. The molecule has 164 valence electrons. The first-order valence-corrected chi connectivity index (χ1v) is 10.4. The van der Waals surface area contributed by atoms with E-state index < -0.39 is 18.0 Å². The molecule has 0 saturated heterocycles. The van der Waals surface area contributed by atoms with Crippen molar-refractivity contribution in [1.29, 1.82) is 0 Å². The lowest BCUT2D eigenvalue weighted by Gasteiger charge is -2.14. The summed E-state index contributed by atoms with van der Waals surface area (Å²) in [4.78, 5) is 25.9. The second kappa shape index (κ2) is 7.76. The zero-order valence-electron chi connectivity index (χ0n) is 18.8. The van der Waals surface area contributed by atoms with Gasteiger partial charge in [-0.25, -0.2) is 4.79 Å². The zero-order valence-corrected chi connectivity index (χ0v) is 18.8. The summed E-state index contributed by atoms with van der Waals surface area (Å²) in [5.74, 6) is -0.242. The number of carbonyl (C=O) groups excluding carboxylic acids is 2.